The maximum absolute atomic E-state index is 6.25. The quantitative estimate of drug-likeness (QED) is 0.830. The van der Waals surface area contributed by atoms with E-state index in [9.17, 15) is 0 Å². The number of nitrogens with one attached hydrogen (secondary N) is 1. The van der Waals surface area contributed by atoms with Crippen molar-refractivity contribution in [2.45, 2.75) is 6.10 Å². The van der Waals surface area contributed by atoms with Gasteiger partial charge < -0.3 is 19.5 Å². The molecule has 0 amide bonds. The van der Waals surface area contributed by atoms with Gasteiger partial charge in [0.2, 0.25) is 0 Å². The number of rotatable bonds is 1. The van der Waals surface area contributed by atoms with E-state index in [-0.39, 0.29) is 6.10 Å². The van der Waals surface area contributed by atoms with Crippen molar-refractivity contribution in [2.24, 2.45) is 0 Å². The molecule has 2 heterocycles. The van der Waals surface area contributed by atoms with Gasteiger partial charge in [-0.25, -0.2) is 0 Å². The first-order chi connectivity index (χ1) is 8.36. The van der Waals surface area contributed by atoms with Crippen molar-refractivity contribution < 1.29 is 14.2 Å². The average molecular weight is 256 g/mol. The Bertz CT molecular complexity index is 418. The van der Waals surface area contributed by atoms with E-state index in [0.717, 1.165) is 30.2 Å². The van der Waals surface area contributed by atoms with E-state index >= 15 is 0 Å². The van der Waals surface area contributed by atoms with Crippen molar-refractivity contribution in [1.82, 2.24) is 5.32 Å². The normalized spacial score (nSPS) is 23.5. The summed E-state index contributed by atoms with van der Waals surface area (Å²) in [5.74, 6) is 1.49. The topological polar surface area (TPSA) is 39.7 Å². The number of benzene rings is 1. The molecule has 1 aromatic carbocycles. The lowest BCUT2D eigenvalue weighted by Gasteiger charge is -2.29. The van der Waals surface area contributed by atoms with E-state index in [0.29, 0.717) is 24.8 Å². The second-order valence-electron chi connectivity index (χ2n) is 4.05. The van der Waals surface area contributed by atoms with Crippen molar-refractivity contribution in [2.75, 3.05) is 32.9 Å². The van der Waals surface area contributed by atoms with Crippen LogP contribution in [0.3, 0.4) is 0 Å². The molecule has 0 bridgehead atoms. The predicted molar refractivity (Wildman–Crippen MR) is 64.0 cm³/mol. The fourth-order valence-electron chi connectivity index (χ4n) is 2.16. The Morgan fingerprint density at radius 1 is 1.18 bits per heavy atom. The van der Waals surface area contributed by atoms with Crippen molar-refractivity contribution in [3.8, 4) is 11.5 Å². The fraction of sp³-hybridized carbons (Fsp3) is 0.500. The second-order valence-corrected chi connectivity index (χ2v) is 4.46. The summed E-state index contributed by atoms with van der Waals surface area (Å²) in [6, 6.07) is 3.68. The van der Waals surface area contributed by atoms with Crippen molar-refractivity contribution in [3.05, 3.63) is 22.7 Å². The number of halogens is 1. The van der Waals surface area contributed by atoms with Gasteiger partial charge in [-0.15, -0.1) is 0 Å². The molecule has 2 aliphatic rings. The van der Waals surface area contributed by atoms with Crippen LogP contribution in [-0.4, -0.2) is 32.9 Å². The summed E-state index contributed by atoms with van der Waals surface area (Å²) in [6.45, 7) is 3.45. The third kappa shape index (κ3) is 2.08. The molecular formula is C12H14ClNO3. The molecule has 0 saturated carbocycles. The van der Waals surface area contributed by atoms with E-state index in [2.05, 4.69) is 5.32 Å². The van der Waals surface area contributed by atoms with E-state index in [4.69, 9.17) is 25.8 Å². The first-order valence-corrected chi connectivity index (χ1v) is 6.14. The first kappa shape index (κ1) is 11.1. The summed E-state index contributed by atoms with van der Waals surface area (Å²) in [4.78, 5) is 0. The zero-order valence-electron chi connectivity index (χ0n) is 9.37. The zero-order chi connectivity index (χ0) is 11.7. The highest BCUT2D eigenvalue weighted by atomic mass is 35.5. The molecule has 0 aliphatic carbocycles. The average Bonchev–Trinajstić information content (AvgIpc) is 2.39. The molecule has 1 unspecified atom stereocenters. The highest BCUT2D eigenvalue weighted by Gasteiger charge is 2.27. The van der Waals surface area contributed by atoms with Gasteiger partial charge in [0.05, 0.1) is 11.6 Å². The van der Waals surface area contributed by atoms with Gasteiger partial charge in [-0.3, -0.25) is 0 Å². The molecular weight excluding hydrogens is 242 g/mol. The van der Waals surface area contributed by atoms with Crippen LogP contribution in [-0.2, 0) is 4.74 Å². The largest absolute Gasteiger partial charge is 0.486 e. The molecule has 1 saturated heterocycles. The predicted octanol–water partition coefficient (Wildman–Crippen LogP) is 1.77. The van der Waals surface area contributed by atoms with Crippen LogP contribution in [0.2, 0.25) is 5.02 Å². The summed E-state index contributed by atoms with van der Waals surface area (Å²) in [7, 11) is 0. The highest BCUT2D eigenvalue weighted by molar-refractivity contribution is 6.31. The lowest BCUT2D eigenvalue weighted by Crippen LogP contribution is -2.34. The number of ether oxygens (including phenoxy) is 3. The van der Waals surface area contributed by atoms with Gasteiger partial charge in [0.15, 0.2) is 11.5 Å². The van der Waals surface area contributed by atoms with E-state index < -0.39 is 0 Å². The van der Waals surface area contributed by atoms with Crippen LogP contribution in [0.4, 0.5) is 0 Å². The number of hydrogen-bond acceptors (Lipinski definition) is 4. The van der Waals surface area contributed by atoms with Crippen molar-refractivity contribution in [3.63, 3.8) is 0 Å². The maximum atomic E-state index is 6.25. The Balaban J connectivity index is 2.01. The molecule has 3 rings (SSSR count). The van der Waals surface area contributed by atoms with E-state index in [1.165, 1.54) is 0 Å². The molecule has 92 valence electrons. The number of fused-ring (bicyclic) bond motifs is 1. The first-order valence-electron chi connectivity index (χ1n) is 5.76. The van der Waals surface area contributed by atoms with Gasteiger partial charge in [0, 0.05) is 18.7 Å². The SMILES string of the molecule is Clc1ccc2c(c1C1CNCCO1)OCCO2. The molecule has 4 nitrogen and oxygen atoms in total. The second kappa shape index (κ2) is 4.72. The summed E-state index contributed by atoms with van der Waals surface area (Å²) in [5, 5.41) is 3.96. The molecule has 1 N–H and O–H groups in total. The molecule has 5 heteroatoms. The summed E-state index contributed by atoms with van der Waals surface area (Å²) < 4.78 is 17.0. The van der Waals surface area contributed by atoms with Crippen LogP contribution in [0, 0.1) is 0 Å². The third-order valence-corrected chi connectivity index (χ3v) is 3.27. The highest BCUT2D eigenvalue weighted by Crippen LogP contribution is 2.42. The maximum Gasteiger partial charge on any atom is 0.168 e. The minimum absolute atomic E-state index is 0.0621. The van der Waals surface area contributed by atoms with Crippen LogP contribution in [0.15, 0.2) is 12.1 Å². The Morgan fingerprint density at radius 3 is 2.88 bits per heavy atom. The van der Waals surface area contributed by atoms with Gasteiger partial charge in [-0.2, -0.15) is 0 Å². The molecule has 0 aromatic heterocycles. The van der Waals surface area contributed by atoms with Gasteiger partial charge in [-0.05, 0) is 12.1 Å². The van der Waals surface area contributed by atoms with Crippen molar-refractivity contribution in [1.29, 1.82) is 0 Å². The Kier molecular flexibility index (Phi) is 3.09. The van der Waals surface area contributed by atoms with Gasteiger partial charge in [-0.1, -0.05) is 11.6 Å². The van der Waals surface area contributed by atoms with Gasteiger partial charge >= 0.3 is 0 Å². The molecule has 1 fully saturated rings. The summed E-state index contributed by atoms with van der Waals surface area (Å²) in [5.41, 5.74) is 0.899. The molecule has 2 aliphatic heterocycles. The Hall–Kier alpha value is -0.970. The van der Waals surface area contributed by atoms with Crippen LogP contribution in [0.1, 0.15) is 11.7 Å². The molecule has 17 heavy (non-hydrogen) atoms. The third-order valence-electron chi connectivity index (χ3n) is 2.94. The number of morpholine rings is 1. The molecule has 1 atom stereocenters. The fourth-order valence-corrected chi connectivity index (χ4v) is 2.43. The lowest BCUT2D eigenvalue weighted by molar-refractivity contribution is 0.0245. The number of hydrogen-bond donors (Lipinski definition) is 1. The van der Waals surface area contributed by atoms with Gasteiger partial charge in [0.1, 0.15) is 19.3 Å². The van der Waals surface area contributed by atoms with E-state index in [1.807, 2.05) is 12.1 Å². The molecule has 1 aromatic rings. The standard InChI is InChI=1S/C12H14ClNO3/c13-8-1-2-9-12(17-6-5-16-9)11(8)10-7-14-3-4-15-10/h1-2,10,14H,3-7H2. The zero-order valence-corrected chi connectivity index (χ0v) is 10.1. The minimum Gasteiger partial charge on any atom is -0.486 e. The van der Waals surface area contributed by atoms with Crippen LogP contribution >= 0.6 is 11.6 Å². The summed E-state index contributed by atoms with van der Waals surface area (Å²) in [6.07, 6.45) is -0.0621. The van der Waals surface area contributed by atoms with Crippen LogP contribution in [0.5, 0.6) is 11.5 Å². The monoisotopic (exact) mass is 255 g/mol. The minimum atomic E-state index is -0.0621. The van der Waals surface area contributed by atoms with E-state index in [1.54, 1.807) is 0 Å². The van der Waals surface area contributed by atoms with Crippen LogP contribution < -0.4 is 14.8 Å². The lowest BCUT2D eigenvalue weighted by atomic mass is 10.1. The van der Waals surface area contributed by atoms with Crippen LogP contribution in [0.25, 0.3) is 0 Å². The molecule has 0 radical (unpaired) electrons. The smallest absolute Gasteiger partial charge is 0.168 e. The molecule has 0 spiro atoms. The Morgan fingerprint density at radius 2 is 2.06 bits per heavy atom. The van der Waals surface area contributed by atoms with Crippen molar-refractivity contribution >= 4 is 11.6 Å². The summed E-state index contributed by atoms with van der Waals surface area (Å²) >= 11 is 6.25. The Labute approximate surface area is 105 Å². The van der Waals surface area contributed by atoms with Gasteiger partial charge in [0.25, 0.3) is 0 Å².